The Morgan fingerprint density at radius 3 is 2.65 bits per heavy atom. The summed E-state index contributed by atoms with van der Waals surface area (Å²) in [6, 6.07) is 8.31. The molecule has 0 bridgehead atoms. The van der Waals surface area contributed by atoms with Crippen LogP contribution in [0.5, 0.6) is 5.75 Å². The van der Waals surface area contributed by atoms with Crippen molar-refractivity contribution < 1.29 is 9.47 Å². The first-order valence-corrected chi connectivity index (χ1v) is 8.14. The van der Waals surface area contributed by atoms with Gasteiger partial charge in [-0.25, -0.2) is 0 Å². The first-order chi connectivity index (χ1) is 11.2. The molecule has 23 heavy (non-hydrogen) atoms. The maximum atomic E-state index is 5.42. The summed E-state index contributed by atoms with van der Waals surface area (Å²) in [4.78, 5) is 2.47. The van der Waals surface area contributed by atoms with Gasteiger partial charge in [-0.05, 0) is 24.6 Å². The molecule has 0 amide bonds. The quantitative estimate of drug-likeness (QED) is 0.821. The number of hydrogen-bond acceptors (Lipinski definition) is 4. The van der Waals surface area contributed by atoms with E-state index in [4.69, 9.17) is 14.6 Å². The fraction of sp³-hybridized carbons (Fsp3) is 0.500. The highest BCUT2D eigenvalue weighted by atomic mass is 16.5. The van der Waals surface area contributed by atoms with E-state index in [1.54, 1.807) is 14.2 Å². The molecule has 1 aliphatic heterocycles. The topological polar surface area (TPSA) is 39.5 Å². The summed E-state index contributed by atoms with van der Waals surface area (Å²) < 4.78 is 12.7. The second-order valence-corrected chi connectivity index (χ2v) is 6.07. The highest BCUT2D eigenvalue weighted by Gasteiger charge is 2.28. The van der Waals surface area contributed by atoms with Crippen LogP contribution in [-0.4, -0.2) is 42.1 Å². The Labute approximate surface area is 137 Å². The number of ether oxygens (including phenoxy) is 2. The maximum absolute atomic E-state index is 5.42. The normalized spacial score (nSPS) is 18.0. The van der Waals surface area contributed by atoms with Crippen LogP contribution in [-0.2, 0) is 24.4 Å². The largest absolute Gasteiger partial charge is 0.497 e. The SMILES string of the molecule is CCn1cc2c(n1)[C@@H](COC)CN(Cc1ccc(OC)cc1)C2. The van der Waals surface area contributed by atoms with Crippen molar-refractivity contribution in [3.05, 3.63) is 47.3 Å². The molecule has 2 heterocycles. The Bertz CT molecular complexity index is 636. The average molecular weight is 315 g/mol. The van der Waals surface area contributed by atoms with E-state index < -0.39 is 0 Å². The summed E-state index contributed by atoms with van der Waals surface area (Å²) in [6.45, 7) is 6.60. The van der Waals surface area contributed by atoms with Crippen molar-refractivity contribution in [2.24, 2.45) is 0 Å². The minimum absolute atomic E-state index is 0.342. The Kier molecular flexibility index (Phi) is 4.98. The third-order valence-electron chi connectivity index (χ3n) is 4.39. The van der Waals surface area contributed by atoms with E-state index in [1.807, 2.05) is 16.8 Å². The summed E-state index contributed by atoms with van der Waals surface area (Å²) in [6.07, 6.45) is 2.18. The van der Waals surface area contributed by atoms with Crippen molar-refractivity contribution in [3.8, 4) is 5.75 Å². The van der Waals surface area contributed by atoms with Crippen molar-refractivity contribution in [1.29, 1.82) is 0 Å². The van der Waals surface area contributed by atoms with Gasteiger partial charge in [-0.1, -0.05) is 12.1 Å². The smallest absolute Gasteiger partial charge is 0.118 e. The van der Waals surface area contributed by atoms with E-state index in [2.05, 4.69) is 30.2 Å². The lowest BCUT2D eigenvalue weighted by atomic mass is 9.97. The Balaban J connectivity index is 1.75. The third-order valence-corrected chi connectivity index (χ3v) is 4.39. The number of hydrogen-bond donors (Lipinski definition) is 0. The van der Waals surface area contributed by atoms with Crippen molar-refractivity contribution in [2.45, 2.75) is 32.5 Å². The van der Waals surface area contributed by atoms with Gasteiger partial charge in [0.25, 0.3) is 0 Å². The van der Waals surface area contributed by atoms with Crippen molar-refractivity contribution in [2.75, 3.05) is 27.4 Å². The van der Waals surface area contributed by atoms with E-state index in [0.717, 1.165) is 31.9 Å². The molecular formula is C18H25N3O2. The first-order valence-electron chi connectivity index (χ1n) is 8.14. The van der Waals surface area contributed by atoms with Gasteiger partial charge in [-0.2, -0.15) is 5.10 Å². The van der Waals surface area contributed by atoms with Gasteiger partial charge in [0.15, 0.2) is 0 Å². The molecule has 3 rings (SSSR count). The fourth-order valence-corrected chi connectivity index (χ4v) is 3.25. The molecule has 1 aliphatic rings. The summed E-state index contributed by atoms with van der Waals surface area (Å²) >= 11 is 0. The number of aromatic nitrogens is 2. The lowest BCUT2D eigenvalue weighted by Gasteiger charge is -2.31. The standard InChI is InChI=1S/C18H25N3O2/c1-4-21-12-15-10-20(11-16(13-22-2)18(15)19-21)9-14-5-7-17(23-3)8-6-14/h5-8,12,16H,4,9-11,13H2,1-3H3/t16-/m1/s1. The number of methoxy groups -OCH3 is 2. The van der Waals surface area contributed by atoms with Crippen molar-refractivity contribution in [3.63, 3.8) is 0 Å². The highest BCUT2D eigenvalue weighted by Crippen LogP contribution is 2.28. The van der Waals surface area contributed by atoms with Gasteiger partial charge in [-0.3, -0.25) is 9.58 Å². The second-order valence-electron chi connectivity index (χ2n) is 6.07. The van der Waals surface area contributed by atoms with Crippen LogP contribution >= 0.6 is 0 Å². The van der Waals surface area contributed by atoms with E-state index in [0.29, 0.717) is 12.5 Å². The first kappa shape index (κ1) is 16.0. The van der Waals surface area contributed by atoms with Gasteiger partial charge in [0.2, 0.25) is 0 Å². The second kappa shape index (κ2) is 7.15. The Hall–Kier alpha value is -1.85. The number of fused-ring (bicyclic) bond motifs is 1. The predicted molar refractivity (Wildman–Crippen MR) is 89.6 cm³/mol. The number of aryl methyl sites for hydroxylation is 1. The van der Waals surface area contributed by atoms with Crippen LogP contribution in [0.4, 0.5) is 0 Å². The van der Waals surface area contributed by atoms with Crippen LogP contribution in [0.1, 0.15) is 29.7 Å². The van der Waals surface area contributed by atoms with E-state index in [1.165, 1.54) is 16.8 Å². The molecule has 1 atom stereocenters. The van der Waals surface area contributed by atoms with Crippen LogP contribution in [0, 0.1) is 0 Å². The Morgan fingerprint density at radius 2 is 2.00 bits per heavy atom. The molecule has 1 aromatic carbocycles. The summed E-state index contributed by atoms with van der Waals surface area (Å²) in [5, 5.41) is 4.73. The number of nitrogens with zero attached hydrogens (tertiary/aromatic N) is 3. The maximum Gasteiger partial charge on any atom is 0.118 e. The Morgan fingerprint density at radius 1 is 1.22 bits per heavy atom. The summed E-state index contributed by atoms with van der Waals surface area (Å²) in [7, 11) is 3.46. The molecule has 0 unspecified atom stereocenters. The summed E-state index contributed by atoms with van der Waals surface area (Å²) in [5.74, 6) is 1.24. The number of benzene rings is 1. The summed E-state index contributed by atoms with van der Waals surface area (Å²) in [5.41, 5.74) is 3.83. The van der Waals surface area contributed by atoms with Crippen LogP contribution < -0.4 is 4.74 Å². The molecule has 0 radical (unpaired) electrons. The van der Waals surface area contributed by atoms with E-state index in [-0.39, 0.29) is 0 Å². The molecule has 0 saturated carbocycles. The van der Waals surface area contributed by atoms with Gasteiger partial charge in [0.05, 0.1) is 19.4 Å². The molecule has 2 aromatic rings. The molecule has 124 valence electrons. The minimum atomic E-state index is 0.342. The molecule has 1 aromatic heterocycles. The van der Waals surface area contributed by atoms with E-state index >= 15 is 0 Å². The van der Waals surface area contributed by atoms with Crippen LogP contribution in [0.25, 0.3) is 0 Å². The zero-order valence-corrected chi connectivity index (χ0v) is 14.2. The third kappa shape index (κ3) is 3.57. The molecule has 5 nitrogen and oxygen atoms in total. The van der Waals surface area contributed by atoms with Crippen molar-refractivity contribution in [1.82, 2.24) is 14.7 Å². The lowest BCUT2D eigenvalue weighted by molar-refractivity contribution is 0.134. The van der Waals surface area contributed by atoms with Crippen LogP contribution in [0.3, 0.4) is 0 Å². The van der Waals surface area contributed by atoms with Crippen LogP contribution in [0.2, 0.25) is 0 Å². The lowest BCUT2D eigenvalue weighted by Crippen LogP contribution is -2.34. The molecular weight excluding hydrogens is 290 g/mol. The predicted octanol–water partition coefficient (Wildman–Crippen LogP) is 2.66. The molecule has 0 fully saturated rings. The monoisotopic (exact) mass is 315 g/mol. The van der Waals surface area contributed by atoms with Crippen molar-refractivity contribution >= 4 is 0 Å². The molecule has 0 spiro atoms. The molecule has 0 aliphatic carbocycles. The molecule has 0 N–H and O–H groups in total. The van der Waals surface area contributed by atoms with Gasteiger partial charge >= 0.3 is 0 Å². The fourth-order valence-electron chi connectivity index (χ4n) is 3.25. The average Bonchev–Trinajstić information content (AvgIpc) is 2.99. The van der Waals surface area contributed by atoms with Gasteiger partial charge < -0.3 is 9.47 Å². The van der Waals surface area contributed by atoms with E-state index in [9.17, 15) is 0 Å². The van der Waals surface area contributed by atoms with Gasteiger partial charge in [0, 0.05) is 51.0 Å². The van der Waals surface area contributed by atoms with Gasteiger partial charge in [-0.15, -0.1) is 0 Å². The zero-order chi connectivity index (χ0) is 16.2. The molecule has 0 saturated heterocycles. The van der Waals surface area contributed by atoms with Gasteiger partial charge in [0.1, 0.15) is 5.75 Å². The number of rotatable bonds is 6. The molecule has 5 heteroatoms. The highest BCUT2D eigenvalue weighted by molar-refractivity contribution is 5.28. The zero-order valence-electron chi connectivity index (χ0n) is 14.2. The van der Waals surface area contributed by atoms with Crippen LogP contribution in [0.15, 0.2) is 30.5 Å². The minimum Gasteiger partial charge on any atom is -0.497 e.